The molecule has 0 aliphatic rings. The number of nitrogens with zero attached hydrogens (tertiary/aromatic N) is 1. The third-order valence-electron chi connectivity index (χ3n) is 3.63. The lowest BCUT2D eigenvalue weighted by atomic mass is 10.0. The Bertz CT molecular complexity index is 870. The van der Waals surface area contributed by atoms with E-state index in [4.69, 9.17) is 0 Å². The molecule has 1 atom stereocenters. The van der Waals surface area contributed by atoms with Crippen LogP contribution < -0.4 is 10.6 Å². The molecule has 6 heteroatoms. The fourth-order valence-electron chi connectivity index (χ4n) is 2.37. The number of nitrogens with one attached hydrogen (secondary N) is 2. The fraction of sp³-hybridized carbons (Fsp3) is 0.111. The highest BCUT2D eigenvalue weighted by atomic mass is 19.1. The van der Waals surface area contributed by atoms with Crippen LogP contribution in [0.4, 0.5) is 14.9 Å². The maximum absolute atomic E-state index is 13.4. The maximum Gasteiger partial charge on any atom is 0.319 e. The predicted octanol–water partition coefficient (Wildman–Crippen LogP) is 3.23. The number of urea groups is 1. The van der Waals surface area contributed by atoms with E-state index in [1.165, 1.54) is 12.3 Å². The van der Waals surface area contributed by atoms with Gasteiger partial charge in [-0.2, -0.15) is 0 Å². The first kappa shape index (κ1) is 15.9. The van der Waals surface area contributed by atoms with Crippen LogP contribution >= 0.6 is 0 Å². The Morgan fingerprint density at radius 1 is 1.17 bits per heavy atom. The molecule has 5 nitrogen and oxygen atoms in total. The van der Waals surface area contributed by atoms with Gasteiger partial charge in [-0.15, -0.1) is 0 Å². The summed E-state index contributed by atoms with van der Waals surface area (Å²) in [5.74, 6) is -0.622. The number of carbonyl (C=O) groups excluding carboxylic acids is 1. The van der Waals surface area contributed by atoms with E-state index in [1.54, 1.807) is 0 Å². The molecular formula is C18H16FN3O2. The maximum atomic E-state index is 13.4. The Kier molecular flexibility index (Phi) is 4.67. The van der Waals surface area contributed by atoms with Crippen LogP contribution in [0.5, 0.6) is 0 Å². The van der Waals surface area contributed by atoms with Gasteiger partial charge in [0.25, 0.3) is 0 Å². The lowest BCUT2D eigenvalue weighted by molar-refractivity contribution is 0.175. The second kappa shape index (κ2) is 7.06. The molecule has 122 valence electrons. The molecule has 1 aromatic heterocycles. The molecular weight excluding hydrogens is 309 g/mol. The molecule has 2 amide bonds. The van der Waals surface area contributed by atoms with Crippen molar-refractivity contribution in [1.29, 1.82) is 0 Å². The van der Waals surface area contributed by atoms with Crippen molar-refractivity contribution in [2.75, 3.05) is 11.9 Å². The molecule has 24 heavy (non-hydrogen) atoms. The van der Waals surface area contributed by atoms with E-state index >= 15 is 0 Å². The molecule has 0 aliphatic carbocycles. The van der Waals surface area contributed by atoms with Gasteiger partial charge in [-0.25, -0.2) is 9.18 Å². The minimum absolute atomic E-state index is 0.0108. The number of pyridine rings is 1. The van der Waals surface area contributed by atoms with Gasteiger partial charge in [-0.3, -0.25) is 4.98 Å². The highest BCUT2D eigenvalue weighted by Gasteiger charge is 2.11. The van der Waals surface area contributed by atoms with Crippen molar-refractivity contribution in [3.8, 4) is 0 Å². The molecule has 1 unspecified atom stereocenters. The van der Waals surface area contributed by atoms with Crippen molar-refractivity contribution in [2.24, 2.45) is 0 Å². The summed E-state index contributed by atoms with van der Waals surface area (Å²) >= 11 is 0. The zero-order chi connectivity index (χ0) is 16.9. The smallest absolute Gasteiger partial charge is 0.319 e. The van der Waals surface area contributed by atoms with Gasteiger partial charge < -0.3 is 15.7 Å². The number of hydrogen-bond acceptors (Lipinski definition) is 3. The van der Waals surface area contributed by atoms with E-state index in [0.717, 1.165) is 17.0 Å². The topological polar surface area (TPSA) is 74.2 Å². The lowest BCUT2D eigenvalue weighted by Crippen LogP contribution is -2.32. The van der Waals surface area contributed by atoms with Crippen LogP contribution in [0.2, 0.25) is 0 Å². The van der Waals surface area contributed by atoms with Crippen LogP contribution in [0.1, 0.15) is 11.7 Å². The summed E-state index contributed by atoms with van der Waals surface area (Å²) in [6, 6.07) is 14.2. The predicted molar refractivity (Wildman–Crippen MR) is 90.1 cm³/mol. The molecule has 0 radical (unpaired) electrons. The highest BCUT2D eigenvalue weighted by molar-refractivity contribution is 5.89. The molecule has 0 spiro atoms. The molecule has 3 rings (SSSR count). The summed E-state index contributed by atoms with van der Waals surface area (Å²) in [6.45, 7) is 0.0108. The number of carbonyl (C=O) groups is 1. The summed E-state index contributed by atoms with van der Waals surface area (Å²) < 4.78 is 13.4. The standard InChI is InChI=1S/C18H16FN3O2/c19-15-10-20-8-7-16(15)22-18(24)21-11-17(23)14-6-5-12-3-1-2-4-13(12)9-14/h1-10,17,23H,11H2,(H2,20,21,22,24). The van der Waals surface area contributed by atoms with Crippen LogP contribution in [-0.2, 0) is 0 Å². The van der Waals surface area contributed by atoms with E-state index in [0.29, 0.717) is 5.56 Å². The van der Waals surface area contributed by atoms with Gasteiger partial charge in [0.2, 0.25) is 0 Å². The fourth-order valence-corrected chi connectivity index (χ4v) is 2.37. The summed E-state index contributed by atoms with van der Waals surface area (Å²) in [6.07, 6.45) is 1.53. The van der Waals surface area contributed by atoms with Gasteiger partial charge >= 0.3 is 6.03 Å². The first-order valence-corrected chi connectivity index (χ1v) is 7.44. The zero-order valence-electron chi connectivity index (χ0n) is 12.7. The number of benzene rings is 2. The van der Waals surface area contributed by atoms with Crippen LogP contribution in [0.15, 0.2) is 60.9 Å². The summed E-state index contributed by atoms with van der Waals surface area (Å²) in [5.41, 5.74) is 0.729. The molecule has 0 aliphatic heterocycles. The number of hydrogen-bond donors (Lipinski definition) is 3. The molecule has 3 aromatic rings. The molecule has 0 saturated carbocycles. The largest absolute Gasteiger partial charge is 0.387 e. The Morgan fingerprint density at radius 3 is 2.75 bits per heavy atom. The average molecular weight is 325 g/mol. The van der Waals surface area contributed by atoms with Gasteiger partial charge in [-0.1, -0.05) is 36.4 Å². The molecule has 0 saturated heterocycles. The number of halogens is 1. The van der Waals surface area contributed by atoms with Gasteiger partial charge in [-0.05, 0) is 28.5 Å². The summed E-state index contributed by atoms with van der Waals surface area (Å²) in [4.78, 5) is 15.4. The van der Waals surface area contributed by atoms with Crippen LogP contribution in [0, 0.1) is 5.82 Å². The van der Waals surface area contributed by atoms with Gasteiger partial charge in [0, 0.05) is 12.7 Å². The monoisotopic (exact) mass is 325 g/mol. The Morgan fingerprint density at radius 2 is 1.96 bits per heavy atom. The van der Waals surface area contributed by atoms with E-state index in [1.807, 2.05) is 42.5 Å². The number of aromatic nitrogens is 1. The van der Waals surface area contributed by atoms with E-state index in [9.17, 15) is 14.3 Å². The second-order valence-electron chi connectivity index (χ2n) is 5.31. The van der Waals surface area contributed by atoms with Crippen molar-refractivity contribution in [3.63, 3.8) is 0 Å². The first-order chi connectivity index (χ1) is 11.6. The summed E-state index contributed by atoms with van der Waals surface area (Å²) in [5, 5.41) is 17.2. The molecule has 0 fully saturated rings. The van der Waals surface area contributed by atoms with Crippen molar-refractivity contribution >= 4 is 22.5 Å². The van der Waals surface area contributed by atoms with Crippen LogP contribution in [0.3, 0.4) is 0 Å². The molecule has 2 aromatic carbocycles. The number of aliphatic hydroxyl groups excluding tert-OH is 1. The lowest BCUT2D eigenvalue weighted by Gasteiger charge is -2.14. The van der Waals surface area contributed by atoms with E-state index < -0.39 is 18.0 Å². The van der Waals surface area contributed by atoms with Gasteiger partial charge in [0.15, 0.2) is 5.82 Å². The number of anilines is 1. The molecule has 1 heterocycles. The highest BCUT2D eigenvalue weighted by Crippen LogP contribution is 2.20. The number of fused-ring (bicyclic) bond motifs is 1. The number of amides is 2. The van der Waals surface area contributed by atoms with Crippen molar-refractivity contribution in [2.45, 2.75) is 6.10 Å². The minimum Gasteiger partial charge on any atom is -0.387 e. The van der Waals surface area contributed by atoms with Gasteiger partial charge in [0.1, 0.15) is 0 Å². The SMILES string of the molecule is O=C(NCC(O)c1ccc2ccccc2c1)Nc1ccncc1F. The normalized spacial score (nSPS) is 11.9. The number of rotatable bonds is 4. The Hall–Kier alpha value is -2.99. The third kappa shape index (κ3) is 3.67. The van der Waals surface area contributed by atoms with Crippen molar-refractivity contribution in [3.05, 3.63) is 72.3 Å². The minimum atomic E-state index is -0.859. The van der Waals surface area contributed by atoms with Crippen LogP contribution in [-0.4, -0.2) is 22.7 Å². The second-order valence-corrected chi connectivity index (χ2v) is 5.31. The first-order valence-electron chi connectivity index (χ1n) is 7.44. The quantitative estimate of drug-likeness (QED) is 0.689. The van der Waals surface area contributed by atoms with Crippen molar-refractivity contribution < 1.29 is 14.3 Å². The number of aliphatic hydroxyl groups is 1. The Labute approximate surface area is 138 Å². The van der Waals surface area contributed by atoms with Gasteiger partial charge in [0.05, 0.1) is 18.0 Å². The molecule has 0 bridgehead atoms. The molecule has 3 N–H and O–H groups in total. The van der Waals surface area contributed by atoms with E-state index in [2.05, 4.69) is 15.6 Å². The third-order valence-corrected chi connectivity index (χ3v) is 3.63. The zero-order valence-corrected chi connectivity index (χ0v) is 12.7. The van der Waals surface area contributed by atoms with E-state index in [-0.39, 0.29) is 12.2 Å². The summed E-state index contributed by atoms with van der Waals surface area (Å²) in [7, 11) is 0. The van der Waals surface area contributed by atoms with Crippen molar-refractivity contribution in [1.82, 2.24) is 10.3 Å². The average Bonchev–Trinajstić information content (AvgIpc) is 2.61. The Balaban J connectivity index is 1.61. The van der Waals surface area contributed by atoms with Crippen LogP contribution in [0.25, 0.3) is 10.8 Å².